The predicted molar refractivity (Wildman–Crippen MR) is 97.3 cm³/mol. The van der Waals surface area contributed by atoms with Gasteiger partial charge in [0.1, 0.15) is 0 Å². The number of hydrogen-bond acceptors (Lipinski definition) is 5. The lowest BCUT2D eigenvalue weighted by molar-refractivity contribution is -0.113. The summed E-state index contributed by atoms with van der Waals surface area (Å²) in [6, 6.07) is 7.85. The van der Waals surface area contributed by atoms with Crippen LogP contribution in [0.2, 0.25) is 0 Å². The van der Waals surface area contributed by atoms with E-state index < -0.39 is 0 Å². The number of carbonyl (C=O) groups is 1. The monoisotopic (exact) mass is 395 g/mol. The molecule has 1 aromatic rings. The van der Waals surface area contributed by atoms with Crippen LogP contribution in [0.4, 0.5) is 0 Å². The summed E-state index contributed by atoms with van der Waals surface area (Å²) in [7, 11) is 0. The zero-order chi connectivity index (χ0) is 16.2. The summed E-state index contributed by atoms with van der Waals surface area (Å²) >= 11 is 4.88. The summed E-state index contributed by atoms with van der Waals surface area (Å²) in [4.78, 5) is 21.4. The van der Waals surface area contributed by atoms with Gasteiger partial charge in [-0.3, -0.25) is 9.69 Å². The zero-order valence-corrected chi connectivity index (χ0v) is 15.0. The third-order valence-corrected chi connectivity index (χ3v) is 5.35. The molecule has 3 rings (SSSR count). The Kier molecular flexibility index (Phi) is 5.53. The van der Waals surface area contributed by atoms with Crippen LogP contribution in [0.3, 0.4) is 0 Å². The lowest BCUT2D eigenvalue weighted by atomic mass is 10.2. The lowest BCUT2D eigenvalue weighted by Crippen LogP contribution is -2.48. The minimum absolute atomic E-state index is 0.164. The summed E-state index contributed by atoms with van der Waals surface area (Å²) in [5.41, 5.74) is 0.986. The van der Waals surface area contributed by atoms with E-state index in [4.69, 9.17) is 5.11 Å². The van der Waals surface area contributed by atoms with Gasteiger partial charge in [0.05, 0.1) is 11.5 Å². The molecule has 0 unspecified atom stereocenters. The molecule has 2 aliphatic heterocycles. The van der Waals surface area contributed by atoms with E-state index in [2.05, 4.69) is 30.7 Å². The molecular weight excluding hydrogens is 378 g/mol. The summed E-state index contributed by atoms with van der Waals surface area (Å²) in [5.74, 6) is -0.164. The predicted octanol–water partition coefficient (Wildman–Crippen LogP) is 2.03. The molecule has 0 bridgehead atoms. The van der Waals surface area contributed by atoms with Gasteiger partial charge in [-0.25, -0.2) is 0 Å². The molecule has 0 aliphatic carbocycles. The standard InChI is InChI=1S/C16H18BrN3O2S/c17-13-3-1-2-12(10-13)11-14-15(22)18-16(23-14)20-6-4-19(5-7-20)8-9-21/h1-3,10-11,21H,4-9H2/b14-11+. The summed E-state index contributed by atoms with van der Waals surface area (Å²) < 4.78 is 0.989. The third kappa shape index (κ3) is 4.23. The van der Waals surface area contributed by atoms with Crippen LogP contribution in [0.25, 0.3) is 6.08 Å². The van der Waals surface area contributed by atoms with Crippen molar-refractivity contribution in [2.75, 3.05) is 39.3 Å². The number of halogens is 1. The van der Waals surface area contributed by atoms with Crippen molar-refractivity contribution in [2.45, 2.75) is 0 Å². The highest BCUT2D eigenvalue weighted by Crippen LogP contribution is 2.31. The van der Waals surface area contributed by atoms with Crippen molar-refractivity contribution < 1.29 is 9.90 Å². The van der Waals surface area contributed by atoms with Gasteiger partial charge in [-0.2, -0.15) is 4.99 Å². The maximum Gasteiger partial charge on any atom is 0.286 e. The second-order valence-electron chi connectivity index (χ2n) is 5.42. The van der Waals surface area contributed by atoms with Crippen LogP contribution in [-0.4, -0.2) is 65.3 Å². The van der Waals surface area contributed by atoms with Crippen molar-refractivity contribution >= 4 is 44.8 Å². The van der Waals surface area contributed by atoms with Crippen LogP contribution in [0, 0.1) is 0 Å². The van der Waals surface area contributed by atoms with Gasteiger partial charge in [-0.05, 0) is 35.5 Å². The van der Waals surface area contributed by atoms with Crippen LogP contribution in [-0.2, 0) is 4.79 Å². The largest absolute Gasteiger partial charge is 0.395 e. The first-order chi connectivity index (χ1) is 11.2. The first-order valence-electron chi connectivity index (χ1n) is 7.52. The summed E-state index contributed by atoms with van der Waals surface area (Å²) in [6.07, 6.45) is 1.89. The van der Waals surface area contributed by atoms with Crippen LogP contribution >= 0.6 is 27.7 Å². The summed E-state index contributed by atoms with van der Waals surface area (Å²) in [5, 5.41) is 9.78. The van der Waals surface area contributed by atoms with Gasteiger partial charge in [-0.1, -0.05) is 28.1 Å². The van der Waals surface area contributed by atoms with Crippen molar-refractivity contribution in [3.63, 3.8) is 0 Å². The van der Waals surface area contributed by atoms with E-state index >= 15 is 0 Å². The van der Waals surface area contributed by atoms with Gasteiger partial charge in [0.25, 0.3) is 5.91 Å². The van der Waals surface area contributed by atoms with Crippen molar-refractivity contribution in [3.8, 4) is 0 Å². The molecule has 0 radical (unpaired) electrons. The van der Waals surface area contributed by atoms with Gasteiger partial charge >= 0.3 is 0 Å². The van der Waals surface area contributed by atoms with Crippen LogP contribution < -0.4 is 0 Å². The topological polar surface area (TPSA) is 56.1 Å². The van der Waals surface area contributed by atoms with Gasteiger partial charge in [-0.15, -0.1) is 0 Å². The number of aliphatic hydroxyl groups excluding tert-OH is 1. The van der Waals surface area contributed by atoms with Gasteiger partial charge < -0.3 is 10.0 Å². The third-order valence-electron chi connectivity index (χ3n) is 3.81. The molecule has 1 amide bonds. The van der Waals surface area contributed by atoms with E-state index in [1.165, 1.54) is 11.8 Å². The molecule has 1 N–H and O–H groups in total. The fraction of sp³-hybridized carbons (Fsp3) is 0.375. The van der Waals surface area contributed by atoms with Crippen molar-refractivity contribution in [1.29, 1.82) is 0 Å². The van der Waals surface area contributed by atoms with E-state index in [0.29, 0.717) is 11.4 Å². The Morgan fingerprint density at radius 2 is 2.09 bits per heavy atom. The van der Waals surface area contributed by atoms with E-state index in [1.807, 2.05) is 30.3 Å². The van der Waals surface area contributed by atoms with Gasteiger partial charge in [0, 0.05) is 37.2 Å². The number of nitrogens with zero attached hydrogens (tertiary/aromatic N) is 3. The van der Waals surface area contributed by atoms with Crippen molar-refractivity contribution in [1.82, 2.24) is 9.80 Å². The maximum atomic E-state index is 12.1. The molecule has 0 spiro atoms. The Labute approximate surface area is 148 Å². The zero-order valence-electron chi connectivity index (χ0n) is 12.6. The normalized spacial score (nSPS) is 21.1. The Morgan fingerprint density at radius 3 is 2.78 bits per heavy atom. The minimum Gasteiger partial charge on any atom is -0.395 e. The highest BCUT2D eigenvalue weighted by atomic mass is 79.9. The number of benzene rings is 1. The number of hydrogen-bond donors (Lipinski definition) is 1. The van der Waals surface area contributed by atoms with Gasteiger partial charge in [0.15, 0.2) is 5.17 Å². The van der Waals surface area contributed by atoms with Crippen LogP contribution in [0.5, 0.6) is 0 Å². The van der Waals surface area contributed by atoms with E-state index in [-0.39, 0.29) is 12.5 Å². The summed E-state index contributed by atoms with van der Waals surface area (Å²) in [6.45, 7) is 4.35. The Hall–Kier alpha value is -1.15. The highest BCUT2D eigenvalue weighted by molar-refractivity contribution is 9.10. The number of thioether (sulfide) groups is 1. The molecule has 1 saturated heterocycles. The molecule has 2 aliphatic rings. The number of amides is 1. The Bertz CT molecular complexity index is 654. The molecule has 5 nitrogen and oxygen atoms in total. The SMILES string of the molecule is O=C1N=C(N2CCN(CCO)CC2)S/C1=C/c1cccc(Br)c1. The first-order valence-corrected chi connectivity index (χ1v) is 9.13. The van der Waals surface area contributed by atoms with Crippen molar-refractivity contribution in [2.24, 2.45) is 4.99 Å². The van der Waals surface area contributed by atoms with E-state index in [9.17, 15) is 4.79 Å². The number of aliphatic imine (C=N–C) groups is 1. The minimum atomic E-state index is -0.164. The number of piperazine rings is 1. The molecule has 0 aromatic heterocycles. The average Bonchev–Trinajstić information content (AvgIpc) is 2.89. The maximum absolute atomic E-state index is 12.1. The highest BCUT2D eigenvalue weighted by Gasteiger charge is 2.28. The molecule has 2 heterocycles. The number of β-amino-alcohol motifs (C(OH)–C–C–N with tert-alkyl or cyclic N) is 1. The quantitative estimate of drug-likeness (QED) is 0.793. The fourth-order valence-corrected chi connectivity index (χ4v) is 3.97. The second kappa shape index (κ2) is 7.61. The first kappa shape index (κ1) is 16.7. The number of aliphatic hydroxyl groups is 1. The average molecular weight is 396 g/mol. The fourth-order valence-electron chi connectivity index (χ4n) is 2.59. The Morgan fingerprint density at radius 1 is 1.30 bits per heavy atom. The molecule has 1 fully saturated rings. The van der Waals surface area contributed by atoms with Crippen LogP contribution in [0.15, 0.2) is 38.6 Å². The Balaban J connectivity index is 1.64. The number of amidine groups is 1. The molecule has 1 aromatic carbocycles. The van der Waals surface area contributed by atoms with Crippen molar-refractivity contribution in [3.05, 3.63) is 39.2 Å². The lowest BCUT2D eigenvalue weighted by Gasteiger charge is -2.34. The molecule has 7 heteroatoms. The molecule has 0 atom stereocenters. The number of carbonyl (C=O) groups excluding carboxylic acids is 1. The smallest absolute Gasteiger partial charge is 0.286 e. The molecule has 0 saturated carbocycles. The number of rotatable bonds is 3. The second-order valence-corrected chi connectivity index (χ2v) is 7.34. The van der Waals surface area contributed by atoms with E-state index in [1.54, 1.807) is 0 Å². The van der Waals surface area contributed by atoms with Gasteiger partial charge in [0.2, 0.25) is 0 Å². The van der Waals surface area contributed by atoms with Crippen LogP contribution in [0.1, 0.15) is 5.56 Å². The molecule has 23 heavy (non-hydrogen) atoms. The molecule has 122 valence electrons. The molecular formula is C16H18BrN3O2S. The van der Waals surface area contributed by atoms with E-state index in [0.717, 1.165) is 41.4 Å².